The van der Waals surface area contributed by atoms with Gasteiger partial charge in [0.25, 0.3) is 0 Å². The Morgan fingerprint density at radius 2 is 2.09 bits per heavy atom. The first-order valence-electron chi connectivity index (χ1n) is 3.53. The van der Waals surface area contributed by atoms with E-state index in [2.05, 4.69) is 0 Å². The van der Waals surface area contributed by atoms with E-state index in [4.69, 9.17) is 9.47 Å². The van der Waals surface area contributed by atoms with Crippen LogP contribution in [-0.4, -0.2) is 51.8 Å². The van der Waals surface area contributed by atoms with Gasteiger partial charge < -0.3 is 14.4 Å². The van der Waals surface area contributed by atoms with Crippen molar-refractivity contribution >= 4 is 6.41 Å². The molecule has 0 aliphatic rings. The number of amides is 1. The van der Waals surface area contributed by atoms with E-state index in [9.17, 15) is 4.79 Å². The Labute approximate surface area is 67.1 Å². The Kier molecular flexibility index (Phi) is 7.08. The molecule has 0 saturated heterocycles. The third-order valence-corrected chi connectivity index (χ3v) is 1.20. The zero-order valence-electron chi connectivity index (χ0n) is 7.08. The van der Waals surface area contributed by atoms with E-state index in [1.807, 2.05) is 0 Å². The van der Waals surface area contributed by atoms with Gasteiger partial charge in [0.15, 0.2) is 0 Å². The molecule has 0 aromatic carbocycles. The van der Waals surface area contributed by atoms with Crippen LogP contribution in [0.4, 0.5) is 0 Å². The molecule has 0 spiro atoms. The molecule has 0 rings (SSSR count). The van der Waals surface area contributed by atoms with Crippen molar-refractivity contribution < 1.29 is 14.3 Å². The first kappa shape index (κ1) is 10.4. The van der Waals surface area contributed by atoms with E-state index >= 15 is 0 Å². The average Bonchev–Trinajstić information content (AvgIpc) is 2.04. The standard InChI is InChI=1S/C7H15NO3/c1-8(7-9)3-4-11-6-5-10-2/h7H,3-6H2,1-2H3. The SMILES string of the molecule is COCCOCCN(C)C=O. The smallest absolute Gasteiger partial charge is 0.209 e. The molecule has 0 aromatic rings. The molecule has 66 valence electrons. The highest BCUT2D eigenvalue weighted by molar-refractivity contribution is 5.46. The fraction of sp³-hybridized carbons (Fsp3) is 0.857. The van der Waals surface area contributed by atoms with Crippen molar-refractivity contribution in [2.24, 2.45) is 0 Å². The van der Waals surface area contributed by atoms with Gasteiger partial charge in [0, 0.05) is 20.7 Å². The van der Waals surface area contributed by atoms with E-state index in [-0.39, 0.29) is 0 Å². The average molecular weight is 161 g/mol. The molecule has 0 heterocycles. The second-order valence-corrected chi connectivity index (χ2v) is 2.19. The lowest BCUT2D eigenvalue weighted by Gasteiger charge is -2.09. The topological polar surface area (TPSA) is 38.8 Å². The van der Waals surface area contributed by atoms with Crippen LogP contribution in [0.2, 0.25) is 0 Å². The molecule has 11 heavy (non-hydrogen) atoms. The molecular weight excluding hydrogens is 146 g/mol. The van der Waals surface area contributed by atoms with E-state index < -0.39 is 0 Å². The third kappa shape index (κ3) is 7.29. The number of methoxy groups -OCH3 is 1. The van der Waals surface area contributed by atoms with Gasteiger partial charge in [-0.2, -0.15) is 0 Å². The van der Waals surface area contributed by atoms with Gasteiger partial charge in [-0.05, 0) is 0 Å². The summed E-state index contributed by atoms with van der Waals surface area (Å²) in [6, 6.07) is 0. The van der Waals surface area contributed by atoms with Crippen LogP contribution in [0, 0.1) is 0 Å². The van der Waals surface area contributed by atoms with E-state index in [1.54, 1.807) is 14.2 Å². The third-order valence-electron chi connectivity index (χ3n) is 1.20. The quantitative estimate of drug-likeness (QED) is 0.381. The molecule has 4 nitrogen and oxygen atoms in total. The van der Waals surface area contributed by atoms with Crippen molar-refractivity contribution in [3.63, 3.8) is 0 Å². The van der Waals surface area contributed by atoms with Crippen molar-refractivity contribution in [3.8, 4) is 0 Å². The highest BCUT2D eigenvalue weighted by Crippen LogP contribution is 1.79. The van der Waals surface area contributed by atoms with Crippen molar-refractivity contribution in [1.82, 2.24) is 4.90 Å². The largest absolute Gasteiger partial charge is 0.382 e. The summed E-state index contributed by atoms with van der Waals surface area (Å²) in [5.74, 6) is 0. The summed E-state index contributed by atoms with van der Waals surface area (Å²) in [4.78, 5) is 11.6. The minimum atomic E-state index is 0.568. The molecular formula is C7H15NO3. The van der Waals surface area contributed by atoms with Gasteiger partial charge in [0.2, 0.25) is 6.41 Å². The predicted molar refractivity (Wildman–Crippen MR) is 41.4 cm³/mol. The zero-order valence-corrected chi connectivity index (χ0v) is 7.08. The van der Waals surface area contributed by atoms with Crippen molar-refractivity contribution in [1.29, 1.82) is 0 Å². The van der Waals surface area contributed by atoms with Crippen LogP contribution in [0.25, 0.3) is 0 Å². The number of carbonyl (C=O) groups excluding carboxylic acids is 1. The lowest BCUT2D eigenvalue weighted by Crippen LogP contribution is -2.21. The van der Waals surface area contributed by atoms with E-state index in [0.29, 0.717) is 26.4 Å². The van der Waals surface area contributed by atoms with Crippen LogP contribution < -0.4 is 0 Å². The normalized spacial score (nSPS) is 9.64. The Bertz CT molecular complexity index is 97.7. The van der Waals surface area contributed by atoms with Crippen LogP contribution in [0.5, 0.6) is 0 Å². The van der Waals surface area contributed by atoms with Gasteiger partial charge in [-0.1, -0.05) is 0 Å². The van der Waals surface area contributed by atoms with Gasteiger partial charge in [0.05, 0.1) is 19.8 Å². The Balaban J connectivity index is 2.95. The first-order valence-corrected chi connectivity index (χ1v) is 3.53. The minimum absolute atomic E-state index is 0.568. The highest BCUT2D eigenvalue weighted by Gasteiger charge is 1.92. The summed E-state index contributed by atoms with van der Waals surface area (Å²) in [5.41, 5.74) is 0. The van der Waals surface area contributed by atoms with Gasteiger partial charge in [-0.15, -0.1) is 0 Å². The number of carbonyl (C=O) groups is 1. The molecule has 0 aromatic heterocycles. The van der Waals surface area contributed by atoms with Crippen LogP contribution in [0.3, 0.4) is 0 Å². The number of hydrogen-bond acceptors (Lipinski definition) is 3. The zero-order chi connectivity index (χ0) is 8.53. The molecule has 1 amide bonds. The fourth-order valence-corrected chi connectivity index (χ4v) is 0.506. The van der Waals surface area contributed by atoms with Crippen LogP contribution in [0.1, 0.15) is 0 Å². The lowest BCUT2D eigenvalue weighted by molar-refractivity contribution is -0.117. The summed E-state index contributed by atoms with van der Waals surface area (Å²) in [5, 5.41) is 0. The summed E-state index contributed by atoms with van der Waals surface area (Å²) in [7, 11) is 3.34. The lowest BCUT2D eigenvalue weighted by atomic mass is 10.6. The van der Waals surface area contributed by atoms with Crippen LogP contribution in [0.15, 0.2) is 0 Å². The van der Waals surface area contributed by atoms with Crippen LogP contribution >= 0.6 is 0 Å². The van der Waals surface area contributed by atoms with Crippen molar-refractivity contribution in [2.75, 3.05) is 40.5 Å². The number of ether oxygens (including phenoxy) is 2. The molecule has 0 fully saturated rings. The molecule has 0 N–H and O–H groups in total. The summed E-state index contributed by atoms with van der Waals surface area (Å²) >= 11 is 0. The second kappa shape index (κ2) is 7.50. The van der Waals surface area contributed by atoms with Crippen molar-refractivity contribution in [2.45, 2.75) is 0 Å². The van der Waals surface area contributed by atoms with Gasteiger partial charge >= 0.3 is 0 Å². The van der Waals surface area contributed by atoms with Gasteiger partial charge in [-0.3, -0.25) is 4.79 Å². The molecule has 0 saturated carbocycles. The van der Waals surface area contributed by atoms with E-state index in [0.717, 1.165) is 6.41 Å². The molecule has 0 atom stereocenters. The van der Waals surface area contributed by atoms with Crippen LogP contribution in [-0.2, 0) is 14.3 Å². The molecule has 0 unspecified atom stereocenters. The summed E-state index contributed by atoms with van der Waals surface area (Å²) < 4.78 is 9.89. The first-order chi connectivity index (χ1) is 5.31. The molecule has 0 radical (unpaired) electrons. The number of rotatable bonds is 7. The van der Waals surface area contributed by atoms with Gasteiger partial charge in [0.1, 0.15) is 0 Å². The monoisotopic (exact) mass is 161 g/mol. The maximum atomic E-state index is 10.1. The number of hydrogen-bond donors (Lipinski definition) is 0. The number of likely N-dealkylation sites (N-methyl/N-ethyl adjacent to an activating group) is 1. The maximum absolute atomic E-state index is 10.1. The Morgan fingerprint density at radius 1 is 1.36 bits per heavy atom. The summed E-state index contributed by atoms with van der Waals surface area (Å²) in [6.07, 6.45) is 0.777. The molecule has 4 heteroatoms. The summed E-state index contributed by atoms with van der Waals surface area (Å²) in [6.45, 7) is 2.39. The minimum Gasteiger partial charge on any atom is -0.382 e. The predicted octanol–water partition coefficient (Wildman–Crippen LogP) is -0.262. The highest BCUT2D eigenvalue weighted by atomic mass is 16.5. The van der Waals surface area contributed by atoms with Gasteiger partial charge in [-0.25, -0.2) is 0 Å². The second-order valence-electron chi connectivity index (χ2n) is 2.19. The molecule has 0 aliphatic heterocycles. The maximum Gasteiger partial charge on any atom is 0.209 e. The molecule has 0 aliphatic carbocycles. The van der Waals surface area contributed by atoms with E-state index in [1.165, 1.54) is 4.90 Å². The number of nitrogens with zero attached hydrogens (tertiary/aromatic N) is 1. The molecule has 0 bridgehead atoms. The Morgan fingerprint density at radius 3 is 2.64 bits per heavy atom. The fourth-order valence-electron chi connectivity index (χ4n) is 0.506. The van der Waals surface area contributed by atoms with Crippen molar-refractivity contribution in [3.05, 3.63) is 0 Å². The Hall–Kier alpha value is -0.610.